The van der Waals surface area contributed by atoms with E-state index in [1.165, 1.54) is 4.90 Å². The summed E-state index contributed by atoms with van der Waals surface area (Å²) < 4.78 is 5.51. The Hall–Kier alpha value is -1.68. The van der Waals surface area contributed by atoms with Crippen LogP contribution in [0.3, 0.4) is 0 Å². The summed E-state index contributed by atoms with van der Waals surface area (Å²) in [6.07, 6.45) is 0. The summed E-state index contributed by atoms with van der Waals surface area (Å²) in [4.78, 5) is 25.7. The predicted octanol–water partition coefficient (Wildman–Crippen LogP) is 2.51. The lowest BCUT2D eigenvalue weighted by atomic mass is 10.0. The van der Waals surface area contributed by atoms with Gasteiger partial charge in [0.2, 0.25) is 0 Å². The van der Waals surface area contributed by atoms with Crippen LogP contribution in [0.25, 0.3) is 0 Å². The van der Waals surface area contributed by atoms with E-state index in [0.717, 1.165) is 16.8 Å². The Balaban J connectivity index is 2.16. The van der Waals surface area contributed by atoms with Crippen LogP contribution in [-0.2, 0) is 9.53 Å². The Morgan fingerprint density at radius 2 is 1.90 bits per heavy atom. The standard InChI is InChI=1S/C16H21NO3/c1-10(2)9-20-6-5-17-13-8-11(3)7-12(4)14(13)15(18)16(17)19/h7-8,10H,5-6,9H2,1-4H3. The first-order valence-electron chi connectivity index (χ1n) is 6.97. The van der Waals surface area contributed by atoms with Gasteiger partial charge in [-0.15, -0.1) is 0 Å². The van der Waals surface area contributed by atoms with Gasteiger partial charge in [-0.3, -0.25) is 9.59 Å². The zero-order valence-corrected chi connectivity index (χ0v) is 12.5. The molecule has 1 aliphatic rings. The summed E-state index contributed by atoms with van der Waals surface area (Å²) in [6.45, 7) is 9.52. The summed E-state index contributed by atoms with van der Waals surface area (Å²) in [5, 5.41) is 0. The number of benzene rings is 1. The smallest absolute Gasteiger partial charge is 0.299 e. The second-order valence-electron chi connectivity index (χ2n) is 5.73. The average molecular weight is 275 g/mol. The molecule has 4 heteroatoms. The number of hydrogen-bond donors (Lipinski definition) is 0. The number of Topliss-reactive ketones (excluding diaryl/α,β-unsaturated/α-hetero) is 1. The molecule has 0 bridgehead atoms. The molecule has 0 N–H and O–H groups in total. The van der Waals surface area contributed by atoms with E-state index < -0.39 is 11.7 Å². The number of fused-ring (bicyclic) bond motifs is 1. The minimum absolute atomic E-state index is 0.402. The van der Waals surface area contributed by atoms with Gasteiger partial charge in [-0.2, -0.15) is 0 Å². The van der Waals surface area contributed by atoms with Gasteiger partial charge in [-0.1, -0.05) is 19.9 Å². The molecule has 0 fully saturated rings. The van der Waals surface area contributed by atoms with Crippen molar-refractivity contribution in [3.05, 3.63) is 28.8 Å². The topological polar surface area (TPSA) is 46.6 Å². The van der Waals surface area contributed by atoms with E-state index in [0.29, 0.717) is 31.2 Å². The quantitative estimate of drug-likeness (QED) is 0.612. The molecule has 0 unspecified atom stereocenters. The SMILES string of the molecule is Cc1cc(C)c2c(c1)N(CCOCC(C)C)C(=O)C2=O. The third kappa shape index (κ3) is 2.75. The third-order valence-electron chi connectivity index (χ3n) is 3.33. The molecule has 1 heterocycles. The van der Waals surface area contributed by atoms with Gasteiger partial charge in [0, 0.05) is 13.2 Å². The van der Waals surface area contributed by atoms with Crippen molar-refractivity contribution in [1.29, 1.82) is 0 Å². The maximum Gasteiger partial charge on any atom is 0.299 e. The van der Waals surface area contributed by atoms with E-state index >= 15 is 0 Å². The van der Waals surface area contributed by atoms with E-state index in [1.807, 2.05) is 26.0 Å². The van der Waals surface area contributed by atoms with Crippen LogP contribution in [0.15, 0.2) is 12.1 Å². The molecule has 1 aromatic carbocycles. The van der Waals surface area contributed by atoms with Gasteiger partial charge in [0.05, 0.1) is 17.9 Å². The molecule has 2 rings (SSSR count). The molecular formula is C16H21NO3. The van der Waals surface area contributed by atoms with E-state index in [4.69, 9.17) is 4.74 Å². The third-order valence-corrected chi connectivity index (χ3v) is 3.33. The first kappa shape index (κ1) is 14.7. The molecule has 0 aromatic heterocycles. The van der Waals surface area contributed by atoms with E-state index in [9.17, 15) is 9.59 Å². The normalized spacial score (nSPS) is 14.3. The highest BCUT2D eigenvalue weighted by molar-refractivity contribution is 6.52. The lowest BCUT2D eigenvalue weighted by molar-refractivity contribution is -0.114. The number of carbonyl (C=O) groups is 2. The fraction of sp³-hybridized carbons (Fsp3) is 0.500. The maximum absolute atomic E-state index is 12.1. The summed E-state index contributed by atoms with van der Waals surface area (Å²) in [7, 11) is 0. The number of hydrogen-bond acceptors (Lipinski definition) is 3. The Labute approximate surface area is 119 Å². The number of ketones is 1. The van der Waals surface area contributed by atoms with E-state index in [-0.39, 0.29) is 0 Å². The summed E-state index contributed by atoms with van der Waals surface area (Å²) in [5.41, 5.74) is 3.19. The van der Waals surface area contributed by atoms with Crippen molar-refractivity contribution in [2.45, 2.75) is 27.7 Å². The molecule has 1 amide bonds. The number of ether oxygens (including phenoxy) is 1. The molecule has 0 aliphatic carbocycles. The molecule has 0 spiro atoms. The van der Waals surface area contributed by atoms with Crippen LogP contribution >= 0.6 is 0 Å². The van der Waals surface area contributed by atoms with Crippen molar-refractivity contribution in [3.63, 3.8) is 0 Å². The number of amides is 1. The monoisotopic (exact) mass is 275 g/mol. The molecule has 4 nitrogen and oxygen atoms in total. The number of rotatable bonds is 5. The molecule has 1 aliphatic heterocycles. The van der Waals surface area contributed by atoms with Crippen LogP contribution in [0.2, 0.25) is 0 Å². The fourth-order valence-corrected chi connectivity index (χ4v) is 2.49. The van der Waals surface area contributed by atoms with Crippen LogP contribution in [0.1, 0.15) is 35.3 Å². The van der Waals surface area contributed by atoms with Crippen LogP contribution in [0.4, 0.5) is 5.69 Å². The second kappa shape index (κ2) is 5.75. The van der Waals surface area contributed by atoms with Gasteiger partial charge in [-0.25, -0.2) is 0 Å². The molecule has 108 valence electrons. The largest absolute Gasteiger partial charge is 0.379 e. The van der Waals surface area contributed by atoms with Crippen LogP contribution in [-0.4, -0.2) is 31.4 Å². The second-order valence-corrected chi connectivity index (χ2v) is 5.73. The van der Waals surface area contributed by atoms with E-state index in [1.54, 1.807) is 0 Å². The minimum atomic E-state index is -0.443. The van der Waals surface area contributed by atoms with Crippen molar-refractivity contribution >= 4 is 17.4 Å². The highest BCUT2D eigenvalue weighted by atomic mass is 16.5. The molecular weight excluding hydrogens is 254 g/mol. The molecule has 1 aromatic rings. The zero-order chi connectivity index (χ0) is 14.9. The van der Waals surface area contributed by atoms with Gasteiger partial charge < -0.3 is 9.64 Å². The Bertz CT molecular complexity index is 549. The lowest BCUT2D eigenvalue weighted by Crippen LogP contribution is -2.33. The van der Waals surface area contributed by atoms with Crippen molar-refractivity contribution in [2.24, 2.45) is 5.92 Å². The lowest BCUT2D eigenvalue weighted by Gasteiger charge is -2.17. The van der Waals surface area contributed by atoms with Gasteiger partial charge in [0.25, 0.3) is 11.7 Å². The number of nitrogens with zero attached hydrogens (tertiary/aromatic N) is 1. The Morgan fingerprint density at radius 1 is 1.20 bits per heavy atom. The Morgan fingerprint density at radius 3 is 2.55 bits per heavy atom. The summed E-state index contributed by atoms with van der Waals surface area (Å²) in [6, 6.07) is 3.83. The van der Waals surface area contributed by atoms with Gasteiger partial charge >= 0.3 is 0 Å². The van der Waals surface area contributed by atoms with Crippen molar-refractivity contribution in [2.75, 3.05) is 24.7 Å². The van der Waals surface area contributed by atoms with Crippen molar-refractivity contribution < 1.29 is 14.3 Å². The molecule has 0 saturated heterocycles. The van der Waals surface area contributed by atoms with Gasteiger partial charge in [-0.05, 0) is 37.0 Å². The van der Waals surface area contributed by atoms with Gasteiger partial charge in [0.1, 0.15) is 0 Å². The van der Waals surface area contributed by atoms with Crippen molar-refractivity contribution in [3.8, 4) is 0 Å². The molecule has 0 radical (unpaired) electrons. The average Bonchev–Trinajstić information content (AvgIpc) is 2.58. The van der Waals surface area contributed by atoms with Crippen LogP contribution < -0.4 is 4.90 Å². The van der Waals surface area contributed by atoms with Crippen molar-refractivity contribution in [1.82, 2.24) is 0 Å². The highest BCUT2D eigenvalue weighted by Crippen LogP contribution is 2.32. The Kier molecular flexibility index (Phi) is 4.23. The molecule has 0 saturated carbocycles. The van der Waals surface area contributed by atoms with Crippen LogP contribution in [0.5, 0.6) is 0 Å². The summed E-state index contributed by atoms with van der Waals surface area (Å²) in [5.74, 6) is -0.383. The number of anilines is 1. The molecule has 20 heavy (non-hydrogen) atoms. The van der Waals surface area contributed by atoms with Gasteiger partial charge in [0.15, 0.2) is 0 Å². The summed E-state index contributed by atoms with van der Waals surface area (Å²) >= 11 is 0. The molecule has 0 atom stereocenters. The zero-order valence-electron chi connectivity index (χ0n) is 12.5. The first-order valence-corrected chi connectivity index (χ1v) is 6.97. The maximum atomic E-state index is 12.1. The predicted molar refractivity (Wildman–Crippen MR) is 78.3 cm³/mol. The highest BCUT2D eigenvalue weighted by Gasteiger charge is 2.36. The minimum Gasteiger partial charge on any atom is -0.379 e. The number of aryl methyl sites for hydroxylation is 2. The van der Waals surface area contributed by atoms with E-state index in [2.05, 4.69) is 13.8 Å². The van der Waals surface area contributed by atoms with Crippen LogP contribution in [0, 0.1) is 19.8 Å². The number of carbonyl (C=O) groups excluding carboxylic acids is 2. The first-order chi connectivity index (χ1) is 9.41. The fourth-order valence-electron chi connectivity index (χ4n) is 2.49.